The van der Waals surface area contributed by atoms with E-state index in [0.717, 1.165) is 0 Å². The topological polar surface area (TPSA) is 59.6 Å². The molecule has 1 N–H and O–H groups in total. The number of rotatable bonds is 3. The lowest BCUT2D eigenvalue weighted by Gasteiger charge is -2.06. The second kappa shape index (κ2) is 4.87. The van der Waals surface area contributed by atoms with E-state index >= 15 is 0 Å². The summed E-state index contributed by atoms with van der Waals surface area (Å²) in [5.74, 6) is 0.574. The molecule has 94 valence electrons. The lowest BCUT2D eigenvalue weighted by molar-refractivity contribution is 0.321. The molecule has 6 heteroatoms. The molecule has 2 rings (SSSR count). The largest absolute Gasteiger partial charge is 0.439 e. The third-order valence-corrected chi connectivity index (χ3v) is 2.43. The smallest absolute Gasteiger partial charge is 0.226 e. The third kappa shape index (κ3) is 2.32. The molecule has 5 nitrogen and oxygen atoms in total. The van der Waals surface area contributed by atoms with Crippen LogP contribution in [0, 0.1) is 12.7 Å². The Morgan fingerprint density at radius 3 is 2.67 bits per heavy atom. The van der Waals surface area contributed by atoms with Crippen molar-refractivity contribution in [2.24, 2.45) is 12.2 Å². The van der Waals surface area contributed by atoms with Gasteiger partial charge in [0.25, 0.3) is 0 Å². The fourth-order valence-corrected chi connectivity index (χ4v) is 1.60. The molecule has 0 bridgehead atoms. The van der Waals surface area contributed by atoms with Gasteiger partial charge in [-0.05, 0) is 31.2 Å². The zero-order valence-corrected chi connectivity index (χ0v) is 9.96. The average Bonchev–Trinajstić information content (AvgIpc) is 2.59. The van der Waals surface area contributed by atoms with Crippen molar-refractivity contribution in [1.29, 1.82) is 0 Å². The van der Waals surface area contributed by atoms with E-state index in [1.165, 1.54) is 35.2 Å². The summed E-state index contributed by atoms with van der Waals surface area (Å²) in [6.07, 6.45) is 1.25. The van der Waals surface area contributed by atoms with Crippen molar-refractivity contribution in [3.05, 3.63) is 41.3 Å². The molecule has 1 heterocycles. The van der Waals surface area contributed by atoms with E-state index < -0.39 is 0 Å². The van der Waals surface area contributed by atoms with Gasteiger partial charge in [-0.2, -0.15) is 5.10 Å². The fourth-order valence-electron chi connectivity index (χ4n) is 1.60. The van der Waals surface area contributed by atoms with E-state index in [1.54, 1.807) is 14.0 Å². The molecular weight excluding hydrogens is 237 g/mol. The standard InChI is InChI=1S/C12H12FN3O2/c1-8-11(7-14-17)12(16(2)15-8)18-10-5-3-9(13)4-6-10/h3-7,17H,1-2H3. The van der Waals surface area contributed by atoms with Gasteiger partial charge in [-0.1, -0.05) is 5.16 Å². The summed E-state index contributed by atoms with van der Waals surface area (Å²) >= 11 is 0. The van der Waals surface area contributed by atoms with Gasteiger partial charge in [0.1, 0.15) is 11.6 Å². The number of aromatic nitrogens is 2. The molecule has 1 aromatic heterocycles. The summed E-state index contributed by atoms with van der Waals surface area (Å²) in [6.45, 7) is 1.77. The Hall–Kier alpha value is -2.37. The van der Waals surface area contributed by atoms with E-state index in [2.05, 4.69) is 10.3 Å². The second-order valence-electron chi connectivity index (χ2n) is 3.73. The molecule has 0 spiro atoms. The van der Waals surface area contributed by atoms with Gasteiger partial charge >= 0.3 is 0 Å². The highest BCUT2D eigenvalue weighted by molar-refractivity contribution is 5.84. The van der Waals surface area contributed by atoms with Gasteiger partial charge in [0.05, 0.1) is 17.5 Å². The first-order valence-corrected chi connectivity index (χ1v) is 5.26. The van der Waals surface area contributed by atoms with Crippen molar-refractivity contribution in [2.75, 3.05) is 0 Å². The van der Waals surface area contributed by atoms with Crippen LogP contribution in [-0.2, 0) is 7.05 Å². The Labute approximate surface area is 103 Å². The molecule has 2 aromatic rings. The predicted molar refractivity (Wildman–Crippen MR) is 63.8 cm³/mol. The van der Waals surface area contributed by atoms with Crippen LogP contribution in [0.25, 0.3) is 0 Å². The van der Waals surface area contributed by atoms with E-state index in [0.29, 0.717) is 22.9 Å². The molecule has 0 aliphatic carbocycles. The summed E-state index contributed by atoms with van der Waals surface area (Å²) in [5, 5.41) is 15.7. The molecule has 0 saturated heterocycles. The first kappa shape index (κ1) is 12.1. The van der Waals surface area contributed by atoms with Crippen LogP contribution < -0.4 is 4.74 Å². The monoisotopic (exact) mass is 249 g/mol. The van der Waals surface area contributed by atoms with Crippen molar-refractivity contribution < 1.29 is 14.3 Å². The maximum Gasteiger partial charge on any atom is 0.226 e. The van der Waals surface area contributed by atoms with Crippen molar-refractivity contribution >= 4 is 6.21 Å². The molecule has 0 unspecified atom stereocenters. The maximum atomic E-state index is 12.8. The molecular formula is C12H12FN3O2. The van der Waals surface area contributed by atoms with Crippen LogP contribution in [0.4, 0.5) is 4.39 Å². The summed E-state index contributed by atoms with van der Waals surface area (Å²) < 4.78 is 19.9. The van der Waals surface area contributed by atoms with Crippen molar-refractivity contribution in [3.8, 4) is 11.6 Å². The highest BCUT2D eigenvalue weighted by Crippen LogP contribution is 2.25. The number of hydrogen-bond acceptors (Lipinski definition) is 4. The Morgan fingerprint density at radius 1 is 1.39 bits per heavy atom. The van der Waals surface area contributed by atoms with Crippen molar-refractivity contribution in [1.82, 2.24) is 9.78 Å². The highest BCUT2D eigenvalue weighted by atomic mass is 19.1. The van der Waals surface area contributed by atoms with Crippen LogP contribution in [0.15, 0.2) is 29.4 Å². The molecule has 0 aliphatic rings. The molecule has 1 aromatic carbocycles. The molecule has 0 radical (unpaired) electrons. The zero-order valence-electron chi connectivity index (χ0n) is 9.96. The molecule has 0 amide bonds. The number of ether oxygens (including phenoxy) is 1. The highest BCUT2D eigenvalue weighted by Gasteiger charge is 2.14. The number of hydrogen-bond donors (Lipinski definition) is 1. The van der Waals surface area contributed by atoms with Gasteiger partial charge < -0.3 is 9.94 Å². The van der Waals surface area contributed by atoms with Crippen LogP contribution in [0.2, 0.25) is 0 Å². The van der Waals surface area contributed by atoms with E-state index in [9.17, 15) is 4.39 Å². The van der Waals surface area contributed by atoms with Crippen LogP contribution in [0.3, 0.4) is 0 Å². The lowest BCUT2D eigenvalue weighted by atomic mass is 10.3. The Balaban J connectivity index is 2.36. The Morgan fingerprint density at radius 2 is 2.06 bits per heavy atom. The normalized spacial score (nSPS) is 11.1. The number of aryl methyl sites for hydroxylation is 2. The number of oxime groups is 1. The maximum absolute atomic E-state index is 12.8. The zero-order chi connectivity index (χ0) is 13.1. The van der Waals surface area contributed by atoms with Gasteiger partial charge in [-0.15, -0.1) is 0 Å². The fraction of sp³-hybridized carbons (Fsp3) is 0.167. The first-order chi connectivity index (χ1) is 8.61. The molecule has 0 atom stereocenters. The SMILES string of the molecule is Cc1nn(C)c(Oc2ccc(F)cc2)c1C=NO. The summed E-state index contributed by atoms with van der Waals surface area (Å²) in [5.41, 5.74) is 1.25. The summed E-state index contributed by atoms with van der Waals surface area (Å²) in [7, 11) is 1.71. The quantitative estimate of drug-likeness (QED) is 0.516. The van der Waals surface area contributed by atoms with Gasteiger partial charge in [0.2, 0.25) is 5.88 Å². The average molecular weight is 249 g/mol. The first-order valence-electron chi connectivity index (χ1n) is 5.26. The minimum Gasteiger partial charge on any atom is -0.439 e. The Kier molecular flexibility index (Phi) is 3.27. The molecule has 18 heavy (non-hydrogen) atoms. The number of halogens is 1. The Bertz CT molecular complexity index is 576. The molecule has 0 aliphatic heterocycles. The van der Waals surface area contributed by atoms with Crippen LogP contribution in [0.1, 0.15) is 11.3 Å². The molecule has 0 saturated carbocycles. The van der Waals surface area contributed by atoms with Crippen molar-refractivity contribution in [2.45, 2.75) is 6.92 Å². The van der Waals surface area contributed by atoms with Gasteiger partial charge in [-0.3, -0.25) is 0 Å². The van der Waals surface area contributed by atoms with Gasteiger partial charge in [0.15, 0.2) is 0 Å². The van der Waals surface area contributed by atoms with Crippen LogP contribution in [0.5, 0.6) is 11.6 Å². The minimum atomic E-state index is -0.333. The van der Waals surface area contributed by atoms with Crippen LogP contribution >= 0.6 is 0 Å². The molecule has 0 fully saturated rings. The van der Waals surface area contributed by atoms with Crippen molar-refractivity contribution in [3.63, 3.8) is 0 Å². The number of benzene rings is 1. The van der Waals surface area contributed by atoms with E-state index in [4.69, 9.17) is 9.94 Å². The van der Waals surface area contributed by atoms with Gasteiger partial charge in [0, 0.05) is 7.05 Å². The van der Waals surface area contributed by atoms with E-state index in [-0.39, 0.29) is 5.82 Å². The third-order valence-electron chi connectivity index (χ3n) is 2.43. The summed E-state index contributed by atoms with van der Waals surface area (Å²) in [4.78, 5) is 0. The lowest BCUT2D eigenvalue weighted by Crippen LogP contribution is -1.97. The second-order valence-corrected chi connectivity index (χ2v) is 3.73. The van der Waals surface area contributed by atoms with Gasteiger partial charge in [-0.25, -0.2) is 9.07 Å². The van der Waals surface area contributed by atoms with E-state index in [1.807, 2.05) is 0 Å². The van der Waals surface area contributed by atoms with Crippen LogP contribution in [-0.4, -0.2) is 21.2 Å². The summed E-state index contributed by atoms with van der Waals surface area (Å²) in [6, 6.07) is 5.63. The number of nitrogens with zero attached hydrogens (tertiary/aromatic N) is 3. The minimum absolute atomic E-state index is 0.333. The predicted octanol–water partition coefficient (Wildman–Crippen LogP) is 2.47.